The lowest BCUT2D eigenvalue weighted by Gasteiger charge is -2.59. The van der Waals surface area contributed by atoms with Gasteiger partial charge in [0.2, 0.25) is 5.91 Å². The number of piperidine rings is 2. The maximum atomic E-state index is 13.3. The fourth-order valence-electron chi connectivity index (χ4n) is 8.14. The molecule has 7 atom stereocenters. The number of anilines is 1. The maximum Gasteiger partial charge on any atom is 0.229 e. The predicted molar refractivity (Wildman–Crippen MR) is 97.8 cm³/mol. The average molecular weight is 349 g/mol. The average Bonchev–Trinajstić information content (AvgIpc) is 3.05. The third-order valence-electron chi connectivity index (χ3n) is 8.91. The van der Waals surface area contributed by atoms with Crippen LogP contribution in [0.3, 0.4) is 0 Å². The van der Waals surface area contributed by atoms with Gasteiger partial charge in [-0.1, -0.05) is 24.3 Å². The van der Waals surface area contributed by atoms with Gasteiger partial charge in [0.05, 0.1) is 44.2 Å². The number of carbonyl (C=O) groups is 1. The van der Waals surface area contributed by atoms with Crippen LogP contribution in [-0.4, -0.2) is 55.3 Å². The number of carbonyl (C=O) groups excluding carboxylic acids is 1. The van der Waals surface area contributed by atoms with Gasteiger partial charge in [0.15, 0.2) is 0 Å². The van der Waals surface area contributed by atoms with Crippen LogP contribution in [0.1, 0.15) is 24.8 Å². The van der Waals surface area contributed by atoms with Crippen molar-refractivity contribution in [1.82, 2.24) is 0 Å². The molecule has 1 aromatic carbocycles. The summed E-state index contributed by atoms with van der Waals surface area (Å²) in [5, 5.41) is 0. The van der Waals surface area contributed by atoms with Crippen molar-refractivity contribution in [1.29, 1.82) is 0 Å². The third kappa shape index (κ3) is 1.34. The lowest BCUT2D eigenvalue weighted by molar-refractivity contribution is -0.925. The van der Waals surface area contributed by atoms with Gasteiger partial charge >= 0.3 is 0 Å². The zero-order valence-corrected chi connectivity index (χ0v) is 15.2. The summed E-state index contributed by atoms with van der Waals surface area (Å²) in [6.07, 6.45) is 5.51. The highest BCUT2D eigenvalue weighted by atomic mass is 16.5. The van der Waals surface area contributed by atoms with E-state index < -0.39 is 0 Å². The van der Waals surface area contributed by atoms with Crippen LogP contribution in [0, 0.1) is 11.8 Å². The smallest absolute Gasteiger partial charge is 0.229 e. The van der Waals surface area contributed by atoms with Gasteiger partial charge in [0.25, 0.3) is 0 Å². The molecule has 6 aliphatic rings. The number of nitrogens with zero attached hydrogens (tertiary/aromatic N) is 2. The first kappa shape index (κ1) is 14.4. The number of rotatable bonds is 0. The van der Waals surface area contributed by atoms with Gasteiger partial charge in [-0.3, -0.25) is 4.79 Å². The summed E-state index contributed by atoms with van der Waals surface area (Å²) in [4.78, 5) is 15.5. The summed E-state index contributed by atoms with van der Waals surface area (Å²) >= 11 is 0. The molecule has 1 spiro atoms. The van der Waals surface area contributed by atoms with E-state index in [9.17, 15) is 4.79 Å². The van der Waals surface area contributed by atoms with Crippen molar-refractivity contribution in [2.24, 2.45) is 11.8 Å². The predicted octanol–water partition coefficient (Wildman–Crippen LogP) is 2.24. The fraction of sp³-hybridized carbons (Fsp3) is 0.591. The van der Waals surface area contributed by atoms with Gasteiger partial charge in [0, 0.05) is 24.4 Å². The minimum absolute atomic E-state index is 0.104. The van der Waals surface area contributed by atoms with Gasteiger partial charge in [-0.25, -0.2) is 0 Å². The van der Waals surface area contributed by atoms with Crippen molar-refractivity contribution in [2.45, 2.75) is 42.9 Å². The third-order valence-corrected chi connectivity index (χ3v) is 8.91. The summed E-state index contributed by atoms with van der Waals surface area (Å²) in [7, 11) is 2.47. The number of hydrogen-bond donors (Lipinski definition) is 0. The molecule has 1 aromatic rings. The maximum absolute atomic E-state index is 13.3. The van der Waals surface area contributed by atoms with Crippen molar-refractivity contribution < 1.29 is 14.0 Å². The Morgan fingerprint density at radius 2 is 2.19 bits per heavy atom. The fourth-order valence-corrected chi connectivity index (χ4v) is 8.14. The summed E-state index contributed by atoms with van der Waals surface area (Å²) in [5.74, 6) is 1.36. The molecule has 1 aliphatic carbocycles. The highest BCUT2D eigenvalue weighted by Crippen LogP contribution is 2.67. The lowest BCUT2D eigenvalue weighted by Crippen LogP contribution is -2.72. The zero-order chi connectivity index (χ0) is 17.3. The Morgan fingerprint density at radius 1 is 1.31 bits per heavy atom. The van der Waals surface area contributed by atoms with Crippen molar-refractivity contribution in [3.05, 3.63) is 41.5 Å². The second kappa shape index (κ2) is 4.26. The first-order chi connectivity index (χ1) is 12.6. The molecule has 2 bridgehead atoms. The largest absolute Gasteiger partial charge is 0.373 e. The van der Waals surface area contributed by atoms with E-state index in [1.54, 1.807) is 5.57 Å². The van der Waals surface area contributed by atoms with Gasteiger partial charge in [0.1, 0.15) is 12.6 Å². The van der Waals surface area contributed by atoms with Gasteiger partial charge in [-0.15, -0.1) is 0 Å². The SMILES string of the molecule is C[N+]12CC[C@@]34c5ccccc5N5C(=O)C[C@@H]6OCC=C(C1)[C@H](CC32)[C@@H]6C54. The Morgan fingerprint density at radius 3 is 3.12 bits per heavy atom. The van der Waals surface area contributed by atoms with Crippen LogP contribution in [0.4, 0.5) is 5.69 Å². The molecule has 26 heavy (non-hydrogen) atoms. The summed E-state index contributed by atoms with van der Waals surface area (Å²) < 4.78 is 7.45. The molecule has 4 heteroatoms. The highest BCUT2D eigenvalue weighted by Gasteiger charge is 2.75. The highest BCUT2D eigenvalue weighted by molar-refractivity contribution is 5.99. The summed E-state index contributed by atoms with van der Waals surface area (Å²) in [6.45, 7) is 3.12. The molecule has 0 N–H and O–H groups in total. The minimum Gasteiger partial charge on any atom is -0.373 e. The topological polar surface area (TPSA) is 29.5 Å². The molecule has 134 valence electrons. The Balaban J connectivity index is 1.56. The van der Waals surface area contributed by atoms with Crippen LogP contribution >= 0.6 is 0 Å². The normalized spacial score (nSPS) is 49.6. The van der Waals surface area contributed by atoms with Crippen molar-refractivity contribution in [2.75, 3.05) is 31.6 Å². The number of quaternary nitrogens is 1. The van der Waals surface area contributed by atoms with E-state index in [-0.39, 0.29) is 17.4 Å². The molecule has 4 fully saturated rings. The standard InChI is InChI=1S/C22H25N2O2/c1-24-8-7-22-15-4-2-3-5-16(15)23-19(25)11-17-20(21(22)23)14(10-18(22)24)13(12-24)6-9-26-17/h2-6,14,17-18,20-21H,7-12H2,1H3/q+1/t14-,17-,18?,20-,21?,22+,24?/m0/s1. The number of likely N-dealkylation sites (N-methyl/N-ethyl adjacent to an activating group) is 1. The molecule has 7 rings (SSSR count). The van der Waals surface area contributed by atoms with Crippen LogP contribution in [0.2, 0.25) is 0 Å². The van der Waals surface area contributed by atoms with E-state index in [4.69, 9.17) is 4.74 Å². The Kier molecular flexibility index (Phi) is 2.36. The first-order valence-electron chi connectivity index (χ1n) is 10.2. The molecule has 4 nitrogen and oxygen atoms in total. The van der Waals surface area contributed by atoms with E-state index in [1.807, 2.05) is 0 Å². The minimum atomic E-state index is 0.104. The van der Waals surface area contributed by atoms with Gasteiger partial charge in [-0.2, -0.15) is 0 Å². The van der Waals surface area contributed by atoms with E-state index in [0.717, 1.165) is 4.48 Å². The molecular formula is C22H25N2O2+. The molecule has 3 saturated heterocycles. The number of amides is 1. The number of ether oxygens (including phenoxy) is 1. The van der Waals surface area contributed by atoms with E-state index in [0.29, 0.717) is 36.9 Å². The zero-order valence-electron chi connectivity index (χ0n) is 15.2. The van der Waals surface area contributed by atoms with Gasteiger partial charge < -0.3 is 14.1 Å². The van der Waals surface area contributed by atoms with Crippen LogP contribution in [0.15, 0.2) is 35.9 Å². The molecule has 0 radical (unpaired) electrons. The van der Waals surface area contributed by atoms with Crippen LogP contribution in [-0.2, 0) is 14.9 Å². The Hall–Kier alpha value is -1.65. The van der Waals surface area contributed by atoms with Crippen molar-refractivity contribution in [3.8, 4) is 0 Å². The van der Waals surface area contributed by atoms with E-state index >= 15 is 0 Å². The number of benzene rings is 1. The summed E-state index contributed by atoms with van der Waals surface area (Å²) in [6, 6.07) is 9.76. The Labute approximate surface area is 154 Å². The number of para-hydroxylation sites is 1. The van der Waals surface area contributed by atoms with Crippen molar-refractivity contribution >= 4 is 11.6 Å². The molecule has 1 saturated carbocycles. The van der Waals surface area contributed by atoms with E-state index in [2.05, 4.69) is 42.3 Å². The van der Waals surface area contributed by atoms with E-state index in [1.165, 1.54) is 37.2 Å². The first-order valence-corrected chi connectivity index (χ1v) is 10.2. The summed E-state index contributed by atoms with van der Waals surface area (Å²) in [5.41, 5.74) is 4.43. The number of hydrogen-bond acceptors (Lipinski definition) is 2. The molecule has 5 heterocycles. The molecular weight excluding hydrogens is 324 g/mol. The second-order valence-corrected chi connectivity index (χ2v) is 9.67. The van der Waals surface area contributed by atoms with Crippen LogP contribution < -0.4 is 4.90 Å². The molecule has 0 aromatic heterocycles. The molecule has 1 amide bonds. The second-order valence-electron chi connectivity index (χ2n) is 9.67. The van der Waals surface area contributed by atoms with Gasteiger partial charge in [-0.05, 0) is 23.1 Å². The molecule has 3 unspecified atom stereocenters. The Bertz CT molecular complexity index is 894. The van der Waals surface area contributed by atoms with Crippen LogP contribution in [0.5, 0.6) is 0 Å². The molecule has 5 aliphatic heterocycles. The lowest BCUT2D eigenvalue weighted by atomic mass is 9.53. The quantitative estimate of drug-likeness (QED) is 0.531. The monoisotopic (exact) mass is 349 g/mol. The number of fused-ring (bicyclic) bond motifs is 2. The van der Waals surface area contributed by atoms with Crippen LogP contribution in [0.25, 0.3) is 0 Å². The van der Waals surface area contributed by atoms with Crippen molar-refractivity contribution in [3.63, 3.8) is 0 Å².